The molecule has 6 heteroatoms. The number of carbonyl (C=O) groups is 2. The lowest BCUT2D eigenvalue weighted by Crippen LogP contribution is -2.11. The SMILES string of the molecule is CC(=O)c1sc(NC(=O)c2ccoc2C)nc1C. The lowest BCUT2D eigenvalue weighted by Gasteiger charge is -1.98. The number of rotatable bonds is 3. The van der Waals surface area contributed by atoms with E-state index in [1.54, 1.807) is 19.9 Å². The second kappa shape index (κ2) is 4.73. The summed E-state index contributed by atoms with van der Waals surface area (Å²) < 4.78 is 5.06. The Morgan fingerprint density at radius 3 is 2.61 bits per heavy atom. The van der Waals surface area contributed by atoms with Crippen LogP contribution in [0.5, 0.6) is 0 Å². The van der Waals surface area contributed by atoms with Crippen LogP contribution in [0.2, 0.25) is 0 Å². The van der Waals surface area contributed by atoms with Crippen molar-refractivity contribution in [1.82, 2.24) is 4.98 Å². The van der Waals surface area contributed by atoms with E-state index >= 15 is 0 Å². The Labute approximate surface area is 108 Å². The van der Waals surface area contributed by atoms with E-state index < -0.39 is 0 Å². The summed E-state index contributed by atoms with van der Waals surface area (Å²) in [4.78, 5) is 27.9. The molecule has 94 valence electrons. The lowest BCUT2D eigenvalue weighted by atomic mass is 10.2. The van der Waals surface area contributed by atoms with Crippen molar-refractivity contribution in [2.24, 2.45) is 0 Å². The van der Waals surface area contributed by atoms with Crippen molar-refractivity contribution < 1.29 is 14.0 Å². The molecule has 0 spiro atoms. The predicted molar refractivity (Wildman–Crippen MR) is 68.3 cm³/mol. The van der Waals surface area contributed by atoms with Crippen molar-refractivity contribution in [2.75, 3.05) is 5.32 Å². The Morgan fingerprint density at radius 1 is 1.39 bits per heavy atom. The minimum absolute atomic E-state index is 0.0509. The normalized spacial score (nSPS) is 10.4. The number of furan rings is 1. The Morgan fingerprint density at radius 2 is 2.11 bits per heavy atom. The van der Waals surface area contributed by atoms with E-state index in [0.717, 1.165) is 0 Å². The second-order valence-electron chi connectivity index (χ2n) is 3.83. The van der Waals surface area contributed by atoms with Crippen molar-refractivity contribution in [2.45, 2.75) is 20.8 Å². The van der Waals surface area contributed by atoms with Crippen LogP contribution in [0.3, 0.4) is 0 Å². The fraction of sp³-hybridized carbons (Fsp3) is 0.250. The summed E-state index contributed by atoms with van der Waals surface area (Å²) in [6.07, 6.45) is 1.46. The zero-order valence-electron chi connectivity index (χ0n) is 10.2. The first kappa shape index (κ1) is 12.5. The summed E-state index contributed by atoms with van der Waals surface area (Å²) in [5, 5.41) is 3.08. The lowest BCUT2D eigenvalue weighted by molar-refractivity contribution is 0.101. The molecular formula is C12H12N2O3S. The summed E-state index contributed by atoms with van der Waals surface area (Å²) in [6, 6.07) is 1.59. The van der Waals surface area contributed by atoms with E-state index in [9.17, 15) is 9.59 Å². The van der Waals surface area contributed by atoms with Gasteiger partial charge in [0.2, 0.25) is 0 Å². The van der Waals surface area contributed by atoms with Gasteiger partial charge in [0.05, 0.1) is 22.4 Å². The van der Waals surface area contributed by atoms with Gasteiger partial charge in [-0.05, 0) is 19.9 Å². The molecule has 18 heavy (non-hydrogen) atoms. The zero-order valence-corrected chi connectivity index (χ0v) is 11.1. The Bertz CT molecular complexity index is 613. The van der Waals surface area contributed by atoms with Gasteiger partial charge in [-0.15, -0.1) is 0 Å². The Kier molecular flexibility index (Phi) is 3.29. The molecule has 2 heterocycles. The van der Waals surface area contributed by atoms with E-state index in [0.29, 0.717) is 27.0 Å². The summed E-state index contributed by atoms with van der Waals surface area (Å²) in [5.74, 6) is 0.211. The van der Waals surface area contributed by atoms with Crippen LogP contribution in [0.4, 0.5) is 5.13 Å². The van der Waals surface area contributed by atoms with Crippen LogP contribution in [-0.4, -0.2) is 16.7 Å². The van der Waals surface area contributed by atoms with Crippen LogP contribution < -0.4 is 5.32 Å². The molecule has 0 aliphatic rings. The smallest absolute Gasteiger partial charge is 0.260 e. The van der Waals surface area contributed by atoms with Gasteiger partial charge < -0.3 is 4.42 Å². The number of anilines is 1. The third-order valence-electron chi connectivity index (χ3n) is 2.44. The number of amides is 1. The average Bonchev–Trinajstić information content (AvgIpc) is 2.84. The molecule has 2 aromatic heterocycles. The average molecular weight is 264 g/mol. The van der Waals surface area contributed by atoms with Gasteiger partial charge in [0.15, 0.2) is 10.9 Å². The molecule has 0 bridgehead atoms. The van der Waals surface area contributed by atoms with Gasteiger partial charge in [-0.25, -0.2) is 4.98 Å². The monoisotopic (exact) mass is 264 g/mol. The summed E-state index contributed by atoms with van der Waals surface area (Å²) in [5.41, 5.74) is 1.10. The third-order valence-corrected chi connectivity index (χ3v) is 3.61. The molecule has 0 aliphatic carbocycles. The quantitative estimate of drug-likeness (QED) is 0.865. The van der Waals surface area contributed by atoms with Crippen molar-refractivity contribution in [3.05, 3.63) is 34.2 Å². The maximum atomic E-state index is 11.9. The van der Waals surface area contributed by atoms with Gasteiger partial charge in [0, 0.05) is 6.92 Å². The molecule has 0 aromatic carbocycles. The van der Waals surface area contributed by atoms with Crippen LogP contribution in [-0.2, 0) is 0 Å². The van der Waals surface area contributed by atoms with Gasteiger partial charge >= 0.3 is 0 Å². The number of hydrogen-bond acceptors (Lipinski definition) is 5. The summed E-state index contributed by atoms with van der Waals surface area (Å²) in [7, 11) is 0. The van der Waals surface area contributed by atoms with Crippen molar-refractivity contribution in [1.29, 1.82) is 0 Å². The third kappa shape index (κ3) is 2.33. The van der Waals surface area contributed by atoms with Gasteiger partial charge in [-0.2, -0.15) is 0 Å². The number of aryl methyl sites for hydroxylation is 2. The number of nitrogens with one attached hydrogen (secondary N) is 1. The molecule has 0 fully saturated rings. The predicted octanol–water partition coefficient (Wildman–Crippen LogP) is 2.81. The number of aromatic nitrogens is 1. The van der Waals surface area contributed by atoms with Crippen LogP contribution in [0.15, 0.2) is 16.7 Å². The molecule has 0 atom stereocenters. The highest BCUT2D eigenvalue weighted by molar-refractivity contribution is 7.17. The molecule has 5 nitrogen and oxygen atoms in total. The van der Waals surface area contributed by atoms with Gasteiger partial charge in [-0.3, -0.25) is 14.9 Å². The highest BCUT2D eigenvalue weighted by Gasteiger charge is 2.16. The molecule has 1 amide bonds. The standard InChI is InChI=1S/C12H12N2O3S/c1-6-10(7(2)15)18-12(13-6)14-11(16)9-4-5-17-8(9)3/h4-5H,1-3H3,(H,13,14,16). The fourth-order valence-corrected chi connectivity index (χ4v) is 2.42. The summed E-state index contributed by atoms with van der Waals surface area (Å²) >= 11 is 1.18. The van der Waals surface area contributed by atoms with E-state index in [4.69, 9.17) is 4.42 Å². The van der Waals surface area contributed by atoms with Crippen LogP contribution >= 0.6 is 11.3 Å². The van der Waals surface area contributed by atoms with Crippen molar-refractivity contribution in [3.8, 4) is 0 Å². The first-order valence-electron chi connectivity index (χ1n) is 5.33. The largest absolute Gasteiger partial charge is 0.469 e. The van der Waals surface area contributed by atoms with E-state index in [1.807, 2.05) is 0 Å². The minimum Gasteiger partial charge on any atom is -0.469 e. The minimum atomic E-state index is -0.287. The number of carbonyl (C=O) groups excluding carboxylic acids is 2. The first-order valence-corrected chi connectivity index (χ1v) is 6.14. The van der Waals surface area contributed by atoms with Crippen molar-refractivity contribution in [3.63, 3.8) is 0 Å². The van der Waals surface area contributed by atoms with E-state index in [1.165, 1.54) is 24.5 Å². The van der Waals surface area contributed by atoms with Gasteiger partial charge in [-0.1, -0.05) is 11.3 Å². The molecule has 0 saturated carbocycles. The van der Waals surface area contributed by atoms with Crippen LogP contribution in [0.1, 0.15) is 38.4 Å². The number of hydrogen-bond donors (Lipinski definition) is 1. The maximum absolute atomic E-state index is 11.9. The summed E-state index contributed by atoms with van der Waals surface area (Å²) in [6.45, 7) is 4.93. The maximum Gasteiger partial charge on any atom is 0.260 e. The molecule has 0 unspecified atom stereocenters. The highest BCUT2D eigenvalue weighted by Crippen LogP contribution is 2.23. The zero-order chi connectivity index (χ0) is 13.3. The number of nitrogens with zero attached hydrogens (tertiary/aromatic N) is 1. The van der Waals surface area contributed by atoms with Gasteiger partial charge in [0.1, 0.15) is 5.76 Å². The van der Waals surface area contributed by atoms with Crippen molar-refractivity contribution >= 4 is 28.2 Å². The van der Waals surface area contributed by atoms with Crippen LogP contribution in [0.25, 0.3) is 0 Å². The highest BCUT2D eigenvalue weighted by atomic mass is 32.1. The molecule has 0 radical (unpaired) electrons. The topological polar surface area (TPSA) is 72.2 Å². The molecule has 1 N–H and O–H groups in total. The number of Topliss-reactive ketones (excluding diaryl/α,β-unsaturated/α-hetero) is 1. The molecule has 0 saturated heterocycles. The molecule has 0 aliphatic heterocycles. The van der Waals surface area contributed by atoms with Crippen LogP contribution in [0, 0.1) is 13.8 Å². The van der Waals surface area contributed by atoms with Gasteiger partial charge in [0.25, 0.3) is 5.91 Å². The molecule has 2 rings (SSSR count). The van der Waals surface area contributed by atoms with E-state index in [2.05, 4.69) is 10.3 Å². The molecule has 2 aromatic rings. The fourth-order valence-electron chi connectivity index (χ4n) is 1.56. The molecular weight excluding hydrogens is 252 g/mol. The number of ketones is 1. The first-order chi connectivity index (χ1) is 8.49. The Hall–Kier alpha value is -1.95. The number of thiazole rings is 1. The van der Waals surface area contributed by atoms with E-state index in [-0.39, 0.29) is 11.7 Å². The second-order valence-corrected chi connectivity index (χ2v) is 4.83. The Balaban J connectivity index is 2.20.